The van der Waals surface area contributed by atoms with E-state index in [1.54, 1.807) is 12.4 Å². The normalized spacial score (nSPS) is 17.9. The molecular weight excluding hydrogens is 250 g/mol. The predicted octanol–water partition coefficient (Wildman–Crippen LogP) is 2.47. The maximum absolute atomic E-state index is 12.4. The topological polar surface area (TPSA) is 54.0 Å². The molecule has 0 spiro atoms. The summed E-state index contributed by atoms with van der Waals surface area (Å²) >= 11 is 0. The molecule has 4 heteroatoms. The zero-order valence-electron chi connectivity index (χ0n) is 11.3. The number of hydrogen-bond acceptors (Lipinski definition) is 3. The van der Waals surface area contributed by atoms with Crippen LogP contribution in [-0.4, -0.2) is 17.4 Å². The van der Waals surface area contributed by atoms with Crippen LogP contribution in [0, 0.1) is 0 Å². The summed E-state index contributed by atoms with van der Waals surface area (Å²) in [5.41, 5.74) is 3.20. The molecule has 2 atom stereocenters. The van der Waals surface area contributed by atoms with E-state index in [0.717, 1.165) is 16.8 Å². The number of carbonyl (C=O) groups excluding carboxylic acids is 1. The summed E-state index contributed by atoms with van der Waals surface area (Å²) in [6.07, 6.45) is 3.48. The second kappa shape index (κ2) is 5.33. The summed E-state index contributed by atoms with van der Waals surface area (Å²) in [6.45, 7) is 2.65. The van der Waals surface area contributed by atoms with Crippen LogP contribution in [0.15, 0.2) is 48.8 Å². The number of anilines is 1. The van der Waals surface area contributed by atoms with Crippen molar-refractivity contribution >= 4 is 11.6 Å². The van der Waals surface area contributed by atoms with Gasteiger partial charge in [0.2, 0.25) is 5.91 Å². The Bertz CT molecular complexity index is 612. The van der Waals surface area contributed by atoms with Gasteiger partial charge in [-0.3, -0.25) is 9.78 Å². The van der Waals surface area contributed by atoms with Crippen molar-refractivity contribution < 1.29 is 4.79 Å². The lowest BCUT2D eigenvalue weighted by atomic mass is 9.99. The van der Waals surface area contributed by atoms with E-state index < -0.39 is 0 Å². The van der Waals surface area contributed by atoms with Gasteiger partial charge in [0.1, 0.15) is 0 Å². The quantitative estimate of drug-likeness (QED) is 0.898. The van der Waals surface area contributed by atoms with Crippen LogP contribution in [0.2, 0.25) is 0 Å². The van der Waals surface area contributed by atoms with Crippen LogP contribution in [0.1, 0.15) is 30.0 Å². The number of nitrogens with one attached hydrogen (secondary N) is 2. The van der Waals surface area contributed by atoms with E-state index in [0.29, 0.717) is 6.54 Å². The number of rotatable bonds is 3. The number of pyridine rings is 1. The monoisotopic (exact) mass is 267 g/mol. The van der Waals surface area contributed by atoms with Crippen LogP contribution in [-0.2, 0) is 4.79 Å². The Kier molecular flexibility index (Phi) is 3.37. The standard InChI is InChI=1S/C16H17N3O/c1-11(12-6-8-17-9-7-12)19-16(20)14-10-18-15-5-3-2-4-13(14)15/h2-9,11,14,18H,10H2,1H3,(H,19,20)/t11-,14?/m0/s1. The number of benzene rings is 1. The third kappa shape index (κ3) is 2.37. The molecule has 1 amide bonds. The molecule has 2 heterocycles. The van der Waals surface area contributed by atoms with Gasteiger partial charge >= 0.3 is 0 Å². The molecule has 0 bridgehead atoms. The lowest BCUT2D eigenvalue weighted by Crippen LogP contribution is -2.32. The Morgan fingerprint density at radius 3 is 2.85 bits per heavy atom. The number of carbonyl (C=O) groups is 1. The molecule has 0 saturated carbocycles. The Hall–Kier alpha value is -2.36. The number of aromatic nitrogens is 1. The first kappa shape index (κ1) is 12.7. The lowest BCUT2D eigenvalue weighted by molar-refractivity contribution is -0.122. The average Bonchev–Trinajstić information content (AvgIpc) is 2.92. The Morgan fingerprint density at radius 2 is 2.05 bits per heavy atom. The van der Waals surface area contributed by atoms with E-state index in [1.807, 2.05) is 43.3 Å². The van der Waals surface area contributed by atoms with Gasteiger partial charge in [-0.1, -0.05) is 18.2 Å². The van der Waals surface area contributed by atoms with Crippen LogP contribution in [0.25, 0.3) is 0 Å². The van der Waals surface area contributed by atoms with Gasteiger partial charge in [0.05, 0.1) is 12.0 Å². The Morgan fingerprint density at radius 1 is 1.30 bits per heavy atom. The zero-order chi connectivity index (χ0) is 13.9. The first-order valence-corrected chi connectivity index (χ1v) is 6.79. The van der Waals surface area contributed by atoms with E-state index in [9.17, 15) is 4.79 Å². The van der Waals surface area contributed by atoms with Gasteiger partial charge in [0.15, 0.2) is 0 Å². The van der Waals surface area contributed by atoms with Crippen molar-refractivity contribution in [3.8, 4) is 0 Å². The number of amides is 1. The number of hydrogen-bond donors (Lipinski definition) is 2. The van der Waals surface area contributed by atoms with Gasteiger partial charge in [-0.25, -0.2) is 0 Å². The molecule has 0 radical (unpaired) electrons. The van der Waals surface area contributed by atoms with Crippen LogP contribution in [0.3, 0.4) is 0 Å². The molecule has 1 unspecified atom stereocenters. The van der Waals surface area contributed by atoms with E-state index in [2.05, 4.69) is 15.6 Å². The first-order chi connectivity index (χ1) is 9.75. The summed E-state index contributed by atoms with van der Waals surface area (Å²) in [4.78, 5) is 16.4. The fourth-order valence-corrected chi connectivity index (χ4v) is 2.57. The molecule has 0 fully saturated rings. The Balaban J connectivity index is 1.72. The highest BCUT2D eigenvalue weighted by atomic mass is 16.2. The molecule has 0 saturated heterocycles. The molecule has 3 rings (SSSR count). The molecule has 4 nitrogen and oxygen atoms in total. The number of para-hydroxylation sites is 1. The maximum Gasteiger partial charge on any atom is 0.229 e. The first-order valence-electron chi connectivity index (χ1n) is 6.79. The van der Waals surface area contributed by atoms with E-state index in [4.69, 9.17) is 0 Å². The molecular formula is C16H17N3O. The molecule has 1 aliphatic rings. The van der Waals surface area contributed by atoms with Crippen molar-refractivity contribution in [2.75, 3.05) is 11.9 Å². The minimum Gasteiger partial charge on any atom is -0.384 e. The van der Waals surface area contributed by atoms with Gasteiger partial charge in [-0.05, 0) is 36.2 Å². The third-order valence-electron chi connectivity index (χ3n) is 3.71. The van der Waals surface area contributed by atoms with E-state index in [-0.39, 0.29) is 17.9 Å². The summed E-state index contributed by atoms with van der Waals surface area (Å²) in [7, 11) is 0. The molecule has 102 valence electrons. The van der Waals surface area contributed by atoms with Gasteiger partial charge < -0.3 is 10.6 Å². The minimum absolute atomic E-state index is 0.0155. The van der Waals surface area contributed by atoms with Crippen LogP contribution in [0.5, 0.6) is 0 Å². The molecule has 2 aromatic rings. The highest BCUT2D eigenvalue weighted by Crippen LogP contribution is 2.31. The minimum atomic E-state index is -0.115. The van der Waals surface area contributed by atoms with Crippen molar-refractivity contribution in [1.82, 2.24) is 10.3 Å². The van der Waals surface area contributed by atoms with Gasteiger partial charge in [0.25, 0.3) is 0 Å². The fourth-order valence-electron chi connectivity index (χ4n) is 2.57. The third-order valence-corrected chi connectivity index (χ3v) is 3.71. The second-order valence-electron chi connectivity index (χ2n) is 5.03. The van der Waals surface area contributed by atoms with E-state index in [1.165, 1.54) is 0 Å². The van der Waals surface area contributed by atoms with Crippen LogP contribution >= 0.6 is 0 Å². The van der Waals surface area contributed by atoms with Gasteiger partial charge in [-0.2, -0.15) is 0 Å². The predicted molar refractivity (Wildman–Crippen MR) is 78.5 cm³/mol. The van der Waals surface area contributed by atoms with Crippen molar-refractivity contribution in [1.29, 1.82) is 0 Å². The lowest BCUT2D eigenvalue weighted by Gasteiger charge is -2.17. The van der Waals surface area contributed by atoms with Crippen molar-refractivity contribution in [3.63, 3.8) is 0 Å². The number of fused-ring (bicyclic) bond motifs is 1. The van der Waals surface area contributed by atoms with Crippen molar-refractivity contribution in [2.45, 2.75) is 18.9 Å². The second-order valence-corrected chi connectivity index (χ2v) is 5.03. The molecule has 2 N–H and O–H groups in total. The fraction of sp³-hybridized carbons (Fsp3) is 0.250. The number of nitrogens with zero attached hydrogens (tertiary/aromatic N) is 1. The average molecular weight is 267 g/mol. The molecule has 1 aliphatic heterocycles. The SMILES string of the molecule is C[C@H](NC(=O)C1CNc2ccccc21)c1ccncc1. The highest BCUT2D eigenvalue weighted by molar-refractivity contribution is 5.88. The summed E-state index contributed by atoms with van der Waals surface area (Å²) in [6, 6.07) is 11.8. The smallest absolute Gasteiger partial charge is 0.229 e. The van der Waals surface area contributed by atoms with Crippen molar-refractivity contribution in [2.24, 2.45) is 0 Å². The Labute approximate surface area is 118 Å². The van der Waals surface area contributed by atoms with Crippen molar-refractivity contribution in [3.05, 3.63) is 59.9 Å². The molecule has 1 aromatic heterocycles. The molecule has 0 aliphatic carbocycles. The summed E-state index contributed by atoms with van der Waals surface area (Å²) in [5.74, 6) is -0.0535. The molecule has 1 aromatic carbocycles. The zero-order valence-corrected chi connectivity index (χ0v) is 11.3. The largest absolute Gasteiger partial charge is 0.384 e. The highest BCUT2D eigenvalue weighted by Gasteiger charge is 2.28. The molecule has 20 heavy (non-hydrogen) atoms. The summed E-state index contributed by atoms with van der Waals surface area (Å²) < 4.78 is 0. The van der Waals surface area contributed by atoms with Crippen LogP contribution in [0.4, 0.5) is 5.69 Å². The van der Waals surface area contributed by atoms with Crippen LogP contribution < -0.4 is 10.6 Å². The van der Waals surface area contributed by atoms with E-state index >= 15 is 0 Å². The van der Waals surface area contributed by atoms with Gasteiger partial charge in [-0.15, -0.1) is 0 Å². The van der Waals surface area contributed by atoms with Gasteiger partial charge in [0, 0.05) is 24.6 Å². The maximum atomic E-state index is 12.4. The summed E-state index contributed by atoms with van der Waals surface area (Å²) in [5, 5.41) is 6.35.